The number of aryl methyl sites for hydroxylation is 1. The summed E-state index contributed by atoms with van der Waals surface area (Å²) in [7, 11) is 0. The first-order chi connectivity index (χ1) is 17.9. The maximum atomic E-state index is 15.5. The Kier molecular flexibility index (Phi) is 6.54. The summed E-state index contributed by atoms with van der Waals surface area (Å²) in [4.78, 5) is 41.6. The standard InChI is InChI=1S/C25H26FN9O2/c1-3-35-23-20-18(29-14-30-23)12-16(21(26)22(20)32-25(35)37)13-33-8-10-34(11-9-33)19-5-4-17(31-15(19)2)24(36)28-7-6-27/h4-5,12,14H,3,7-11,13H2,1-2H3,(H,28,36)(H,29,30). The molecule has 0 aliphatic carbocycles. The Hall–Kier alpha value is -4.37. The van der Waals surface area contributed by atoms with Gasteiger partial charge in [0, 0.05) is 44.8 Å². The Morgan fingerprint density at radius 1 is 1.24 bits per heavy atom. The highest BCUT2D eigenvalue weighted by atomic mass is 19.1. The number of aliphatic imine (C=N–C) groups is 1. The van der Waals surface area contributed by atoms with Crippen molar-refractivity contribution >= 4 is 40.3 Å². The second kappa shape index (κ2) is 9.94. The third-order valence-corrected chi connectivity index (χ3v) is 6.68. The van der Waals surface area contributed by atoms with Crippen LogP contribution in [0.1, 0.15) is 28.7 Å². The molecule has 12 heteroatoms. The maximum absolute atomic E-state index is 15.5. The molecule has 5 rings (SSSR count). The lowest BCUT2D eigenvalue weighted by atomic mass is 10.1. The molecular weight excluding hydrogens is 477 g/mol. The molecule has 1 saturated heterocycles. The van der Waals surface area contributed by atoms with Crippen LogP contribution in [0.3, 0.4) is 0 Å². The van der Waals surface area contributed by atoms with Gasteiger partial charge in [-0.25, -0.2) is 19.2 Å². The number of amides is 1. The highest BCUT2D eigenvalue weighted by Gasteiger charge is 2.25. The van der Waals surface area contributed by atoms with E-state index in [1.54, 1.807) is 12.1 Å². The molecule has 2 aliphatic rings. The number of anilines is 2. The number of hydrogen-bond donors (Lipinski definition) is 2. The van der Waals surface area contributed by atoms with Crippen LogP contribution in [-0.4, -0.2) is 64.4 Å². The van der Waals surface area contributed by atoms with E-state index < -0.39 is 11.5 Å². The molecule has 2 aliphatic heterocycles. The molecule has 0 atom stereocenters. The third-order valence-electron chi connectivity index (χ3n) is 6.68. The molecular formula is C25H26FN9O2. The highest BCUT2D eigenvalue weighted by molar-refractivity contribution is 6.06. The molecule has 2 N–H and O–H groups in total. The SMILES string of the molecule is CCn1c2c3c(cc(CN4CCN(c5ccc(C(=O)NCC#N)nc5C)CC4)c(F)c3nc1=O)NC=N2. The first-order valence-electron chi connectivity index (χ1n) is 12.1. The Morgan fingerprint density at radius 3 is 2.73 bits per heavy atom. The van der Waals surface area contributed by atoms with E-state index in [1.165, 1.54) is 10.9 Å². The second-order valence-corrected chi connectivity index (χ2v) is 8.89. The number of aromatic nitrogens is 3. The van der Waals surface area contributed by atoms with Crippen LogP contribution in [0.25, 0.3) is 10.9 Å². The van der Waals surface area contributed by atoms with Gasteiger partial charge in [-0.05, 0) is 32.0 Å². The molecule has 3 aromatic rings. The molecule has 0 bridgehead atoms. The summed E-state index contributed by atoms with van der Waals surface area (Å²) in [6.45, 7) is 7.19. The monoisotopic (exact) mass is 503 g/mol. The molecule has 4 heterocycles. The van der Waals surface area contributed by atoms with E-state index in [0.717, 1.165) is 11.4 Å². The van der Waals surface area contributed by atoms with Crippen LogP contribution in [0.4, 0.5) is 21.6 Å². The summed E-state index contributed by atoms with van der Waals surface area (Å²) in [6.07, 6.45) is 1.51. The number of nitriles is 1. The molecule has 1 aromatic carbocycles. The van der Waals surface area contributed by atoms with Gasteiger partial charge in [-0.15, -0.1) is 0 Å². The molecule has 11 nitrogen and oxygen atoms in total. The molecule has 0 saturated carbocycles. The van der Waals surface area contributed by atoms with Gasteiger partial charge in [-0.1, -0.05) is 0 Å². The number of hydrogen-bond acceptors (Lipinski definition) is 9. The maximum Gasteiger partial charge on any atom is 0.349 e. The fraction of sp³-hybridized carbons (Fsp3) is 0.360. The number of pyridine rings is 1. The minimum atomic E-state index is -0.516. The molecule has 0 radical (unpaired) electrons. The van der Waals surface area contributed by atoms with Crippen LogP contribution in [0.15, 0.2) is 28.0 Å². The molecule has 37 heavy (non-hydrogen) atoms. The van der Waals surface area contributed by atoms with E-state index in [1.807, 2.05) is 26.0 Å². The van der Waals surface area contributed by atoms with E-state index in [0.29, 0.717) is 61.7 Å². The number of benzene rings is 1. The fourth-order valence-electron chi connectivity index (χ4n) is 4.84. The largest absolute Gasteiger partial charge is 0.368 e. The minimum absolute atomic E-state index is 0.0424. The van der Waals surface area contributed by atoms with Crippen molar-refractivity contribution in [2.45, 2.75) is 26.9 Å². The number of piperazine rings is 1. The van der Waals surface area contributed by atoms with Crippen molar-refractivity contribution in [1.29, 1.82) is 5.26 Å². The summed E-state index contributed by atoms with van der Waals surface area (Å²) < 4.78 is 17.0. The summed E-state index contributed by atoms with van der Waals surface area (Å²) in [5.74, 6) is -0.455. The van der Waals surface area contributed by atoms with E-state index in [9.17, 15) is 9.59 Å². The Morgan fingerprint density at radius 2 is 2.03 bits per heavy atom. The Balaban J connectivity index is 1.31. The van der Waals surface area contributed by atoms with Gasteiger partial charge in [0.15, 0.2) is 5.82 Å². The van der Waals surface area contributed by atoms with Gasteiger partial charge in [0.1, 0.15) is 23.6 Å². The zero-order chi connectivity index (χ0) is 26.1. The highest BCUT2D eigenvalue weighted by Crippen LogP contribution is 2.36. The first-order valence-corrected chi connectivity index (χ1v) is 12.1. The summed E-state index contributed by atoms with van der Waals surface area (Å²) >= 11 is 0. The predicted octanol–water partition coefficient (Wildman–Crippen LogP) is 1.92. The normalized spacial score (nSPS) is 14.9. The van der Waals surface area contributed by atoms with Crippen molar-refractivity contribution in [3.05, 3.63) is 51.5 Å². The van der Waals surface area contributed by atoms with Gasteiger partial charge in [0.05, 0.1) is 34.9 Å². The van der Waals surface area contributed by atoms with Gasteiger partial charge in [0.25, 0.3) is 5.91 Å². The number of carbonyl (C=O) groups excluding carboxylic acids is 1. The number of carbonyl (C=O) groups is 1. The lowest BCUT2D eigenvalue weighted by Crippen LogP contribution is -2.46. The van der Waals surface area contributed by atoms with Gasteiger partial charge < -0.3 is 15.5 Å². The van der Waals surface area contributed by atoms with Crippen LogP contribution >= 0.6 is 0 Å². The lowest BCUT2D eigenvalue weighted by Gasteiger charge is -2.36. The quantitative estimate of drug-likeness (QED) is 0.488. The van der Waals surface area contributed by atoms with E-state index in [4.69, 9.17) is 5.26 Å². The minimum Gasteiger partial charge on any atom is -0.368 e. The van der Waals surface area contributed by atoms with Crippen molar-refractivity contribution in [2.75, 3.05) is 42.9 Å². The predicted molar refractivity (Wildman–Crippen MR) is 138 cm³/mol. The first kappa shape index (κ1) is 24.3. The second-order valence-electron chi connectivity index (χ2n) is 8.89. The van der Waals surface area contributed by atoms with Gasteiger partial charge in [-0.3, -0.25) is 14.3 Å². The van der Waals surface area contributed by atoms with Crippen LogP contribution in [0, 0.1) is 24.1 Å². The third kappa shape index (κ3) is 4.49. The van der Waals surface area contributed by atoms with Gasteiger partial charge in [-0.2, -0.15) is 10.2 Å². The zero-order valence-electron chi connectivity index (χ0n) is 20.6. The average Bonchev–Trinajstić information content (AvgIpc) is 2.90. The smallest absolute Gasteiger partial charge is 0.349 e. The summed E-state index contributed by atoms with van der Waals surface area (Å²) in [5, 5.41) is 14.7. The molecule has 0 spiro atoms. The van der Waals surface area contributed by atoms with Crippen molar-refractivity contribution in [3.8, 4) is 6.07 Å². The zero-order valence-corrected chi connectivity index (χ0v) is 20.6. The van der Waals surface area contributed by atoms with Crippen molar-refractivity contribution in [2.24, 2.45) is 4.99 Å². The van der Waals surface area contributed by atoms with E-state index in [2.05, 4.69) is 35.4 Å². The van der Waals surface area contributed by atoms with E-state index in [-0.39, 0.29) is 23.7 Å². The van der Waals surface area contributed by atoms with Crippen molar-refractivity contribution in [1.82, 2.24) is 24.8 Å². The molecule has 1 fully saturated rings. The molecule has 1 amide bonds. The molecule has 0 unspecified atom stereocenters. The van der Waals surface area contributed by atoms with Crippen molar-refractivity contribution < 1.29 is 9.18 Å². The van der Waals surface area contributed by atoms with Crippen LogP contribution in [-0.2, 0) is 13.1 Å². The Bertz CT molecular complexity index is 1520. The Labute approximate surface area is 212 Å². The van der Waals surface area contributed by atoms with Crippen LogP contribution in [0.5, 0.6) is 0 Å². The topological polar surface area (TPSA) is 132 Å². The average molecular weight is 504 g/mol. The molecule has 2 aromatic heterocycles. The number of nitrogens with zero attached hydrogens (tertiary/aromatic N) is 7. The van der Waals surface area contributed by atoms with Crippen molar-refractivity contribution in [3.63, 3.8) is 0 Å². The fourth-order valence-corrected chi connectivity index (χ4v) is 4.84. The van der Waals surface area contributed by atoms with Crippen LogP contribution < -0.4 is 21.2 Å². The number of rotatable bonds is 6. The number of nitrogens with one attached hydrogen (secondary N) is 2. The summed E-state index contributed by atoms with van der Waals surface area (Å²) in [5.41, 5.74) is 2.61. The number of halogens is 1. The van der Waals surface area contributed by atoms with Gasteiger partial charge in [0.2, 0.25) is 0 Å². The lowest BCUT2D eigenvalue weighted by molar-refractivity contribution is 0.0953. The summed E-state index contributed by atoms with van der Waals surface area (Å²) in [6, 6.07) is 7.17. The van der Waals surface area contributed by atoms with Gasteiger partial charge >= 0.3 is 5.69 Å². The van der Waals surface area contributed by atoms with Crippen LogP contribution in [0.2, 0.25) is 0 Å². The van der Waals surface area contributed by atoms with E-state index >= 15 is 4.39 Å². The molecule has 190 valence electrons.